The van der Waals surface area contributed by atoms with Crippen molar-refractivity contribution in [2.75, 3.05) is 13.2 Å². The number of hydrogen-bond donors (Lipinski definition) is 4. The van der Waals surface area contributed by atoms with E-state index in [4.69, 9.17) is 10.0 Å². The van der Waals surface area contributed by atoms with Crippen LogP contribution >= 0.6 is 0 Å². The lowest BCUT2D eigenvalue weighted by atomic mass is 9.98. The van der Waals surface area contributed by atoms with Gasteiger partial charge in [0.25, 0.3) is 0 Å². The molecule has 27 heavy (non-hydrogen) atoms. The number of hydrogen-bond acceptors (Lipinski definition) is 10. The van der Waals surface area contributed by atoms with Crippen LogP contribution in [0.25, 0.3) is 0 Å². The molecule has 1 rings (SSSR count). The van der Waals surface area contributed by atoms with Crippen molar-refractivity contribution in [1.82, 2.24) is 20.3 Å². The highest BCUT2D eigenvalue weighted by Gasteiger charge is 2.29. The molecule has 0 fully saturated rings. The Hall–Kier alpha value is -2.57. The summed E-state index contributed by atoms with van der Waals surface area (Å²) in [4.78, 5) is 19.4. The quantitative estimate of drug-likeness (QED) is 0.145. The number of nitrogens with one attached hydrogen (secondary N) is 2. The average molecular weight is 385 g/mol. The molecule has 0 aliphatic carbocycles. The fourth-order valence-electron chi connectivity index (χ4n) is 2.06. The number of nitro groups is 1. The Bertz CT molecular complexity index is 696. The van der Waals surface area contributed by atoms with Crippen LogP contribution in [0.4, 0.5) is 5.95 Å². The second kappa shape index (κ2) is 9.39. The summed E-state index contributed by atoms with van der Waals surface area (Å²) >= 11 is 0. The second-order valence-corrected chi connectivity index (χ2v) is 6.97. The average Bonchev–Trinajstić information content (AvgIpc) is 3.06. The highest BCUT2D eigenvalue weighted by molar-refractivity contribution is 5.92. The number of hydroxylamine groups is 1. The molecule has 0 saturated carbocycles. The van der Waals surface area contributed by atoms with Crippen LogP contribution in [0.1, 0.15) is 34.6 Å². The zero-order valence-electron chi connectivity index (χ0n) is 16.1. The van der Waals surface area contributed by atoms with Gasteiger partial charge in [-0.05, 0) is 39.5 Å². The van der Waals surface area contributed by atoms with Crippen LogP contribution < -0.4 is 10.8 Å². The molecule has 0 atom stereocenters. The molecule has 0 radical (unpaired) electrons. The summed E-state index contributed by atoms with van der Waals surface area (Å²) in [6.07, 6.45) is 2.76. The number of rotatable bonds is 11. The molecule has 1 aromatic rings. The van der Waals surface area contributed by atoms with Crippen molar-refractivity contribution in [3.63, 3.8) is 0 Å². The highest BCUT2D eigenvalue weighted by atomic mass is 16.6. The Morgan fingerprint density at radius 2 is 2.00 bits per heavy atom. The molecular weight excluding hydrogens is 358 g/mol. The van der Waals surface area contributed by atoms with E-state index in [1.54, 1.807) is 34.6 Å². The first-order valence-corrected chi connectivity index (χ1v) is 8.25. The van der Waals surface area contributed by atoms with E-state index in [-0.39, 0.29) is 19.1 Å². The molecular formula is C15H27N7O5. The first-order chi connectivity index (χ1) is 12.5. The predicted molar refractivity (Wildman–Crippen MR) is 98.2 cm³/mol. The molecule has 0 spiro atoms. The fourth-order valence-corrected chi connectivity index (χ4v) is 2.06. The first-order valence-electron chi connectivity index (χ1n) is 8.25. The SMILES string of the molecule is C/C(=N\O)C(C)(C)NOCCNC(C)(C)/C(Cn1ccnc1[N+](=O)[O-])=N\O. The molecule has 0 amide bonds. The fraction of sp³-hybridized carbons (Fsp3) is 0.667. The minimum Gasteiger partial charge on any atom is -0.411 e. The van der Waals surface area contributed by atoms with Gasteiger partial charge in [0.2, 0.25) is 0 Å². The molecule has 0 unspecified atom stereocenters. The normalized spacial score (nSPS) is 13.8. The minimum absolute atomic E-state index is 0.00507. The maximum absolute atomic E-state index is 11.0. The van der Waals surface area contributed by atoms with Gasteiger partial charge in [-0.25, -0.2) is 4.57 Å². The van der Waals surface area contributed by atoms with Gasteiger partial charge in [0, 0.05) is 6.54 Å². The van der Waals surface area contributed by atoms with Gasteiger partial charge in [-0.15, -0.1) is 0 Å². The van der Waals surface area contributed by atoms with Crippen molar-refractivity contribution in [1.29, 1.82) is 0 Å². The van der Waals surface area contributed by atoms with Crippen LogP contribution in [-0.4, -0.2) is 60.5 Å². The van der Waals surface area contributed by atoms with Gasteiger partial charge in [0.15, 0.2) is 0 Å². The smallest absolute Gasteiger partial charge is 0.411 e. The van der Waals surface area contributed by atoms with Crippen LogP contribution in [0.3, 0.4) is 0 Å². The van der Waals surface area contributed by atoms with Gasteiger partial charge >= 0.3 is 5.95 Å². The Morgan fingerprint density at radius 3 is 2.56 bits per heavy atom. The Morgan fingerprint density at radius 1 is 1.33 bits per heavy atom. The molecule has 4 N–H and O–H groups in total. The van der Waals surface area contributed by atoms with E-state index in [0.717, 1.165) is 0 Å². The van der Waals surface area contributed by atoms with E-state index < -0.39 is 16.0 Å². The van der Waals surface area contributed by atoms with E-state index >= 15 is 0 Å². The number of nitrogens with zero attached hydrogens (tertiary/aromatic N) is 5. The molecule has 0 bridgehead atoms. The second-order valence-electron chi connectivity index (χ2n) is 6.97. The van der Waals surface area contributed by atoms with Gasteiger partial charge in [0.1, 0.15) is 24.7 Å². The summed E-state index contributed by atoms with van der Waals surface area (Å²) in [6.45, 7) is 9.51. The van der Waals surface area contributed by atoms with Crippen molar-refractivity contribution in [3.05, 3.63) is 22.5 Å². The third-order valence-corrected chi connectivity index (χ3v) is 4.17. The third kappa shape index (κ3) is 6.27. The molecule has 0 aromatic carbocycles. The van der Waals surface area contributed by atoms with Crippen LogP contribution in [0.5, 0.6) is 0 Å². The van der Waals surface area contributed by atoms with Crippen LogP contribution in [0, 0.1) is 10.1 Å². The van der Waals surface area contributed by atoms with Gasteiger partial charge in [0.05, 0.1) is 23.4 Å². The van der Waals surface area contributed by atoms with E-state index in [2.05, 4.69) is 26.1 Å². The van der Waals surface area contributed by atoms with Crippen LogP contribution in [0.15, 0.2) is 22.7 Å². The van der Waals surface area contributed by atoms with Crippen molar-refractivity contribution in [2.24, 2.45) is 10.3 Å². The predicted octanol–water partition coefficient (Wildman–Crippen LogP) is 1.14. The van der Waals surface area contributed by atoms with E-state index in [1.165, 1.54) is 17.0 Å². The summed E-state index contributed by atoms with van der Waals surface area (Å²) in [6, 6.07) is 0. The summed E-state index contributed by atoms with van der Waals surface area (Å²) in [7, 11) is 0. The highest BCUT2D eigenvalue weighted by Crippen LogP contribution is 2.13. The van der Waals surface area contributed by atoms with E-state index in [0.29, 0.717) is 18.0 Å². The van der Waals surface area contributed by atoms with E-state index in [9.17, 15) is 15.3 Å². The van der Waals surface area contributed by atoms with Gasteiger partial charge in [-0.1, -0.05) is 15.3 Å². The van der Waals surface area contributed by atoms with Gasteiger partial charge in [-0.2, -0.15) is 5.48 Å². The standard InChI is InChI=1S/C15H27N7O5/c1-11(18-23)14(2,3)20-27-9-7-17-15(4,5)12(19-24)10-21-8-6-16-13(21)22(25)26/h6,8,17,20,23-24H,7,9-10H2,1-5H3/b18-11+,19-12-. The lowest BCUT2D eigenvalue weighted by Gasteiger charge is -2.28. The minimum atomic E-state index is -0.756. The topological polar surface area (TPSA) is 159 Å². The lowest BCUT2D eigenvalue weighted by Crippen LogP contribution is -2.51. The number of oxime groups is 2. The maximum Gasteiger partial charge on any atom is 0.434 e. The van der Waals surface area contributed by atoms with Crippen molar-refractivity contribution < 1.29 is 20.2 Å². The largest absolute Gasteiger partial charge is 0.434 e. The summed E-state index contributed by atoms with van der Waals surface area (Å²) < 4.78 is 1.29. The maximum atomic E-state index is 11.0. The summed E-state index contributed by atoms with van der Waals surface area (Å²) in [5.41, 5.74) is 2.16. The zero-order chi connectivity index (χ0) is 20.7. The lowest BCUT2D eigenvalue weighted by molar-refractivity contribution is -0.396. The molecule has 1 heterocycles. The molecule has 1 aromatic heterocycles. The summed E-state index contributed by atoms with van der Waals surface area (Å²) in [5, 5.41) is 38.7. The van der Waals surface area contributed by atoms with Crippen molar-refractivity contribution >= 4 is 17.4 Å². The third-order valence-electron chi connectivity index (χ3n) is 4.17. The Balaban J connectivity index is 2.58. The molecule has 12 nitrogen and oxygen atoms in total. The molecule has 152 valence electrons. The Labute approximate surface area is 157 Å². The summed E-state index contributed by atoms with van der Waals surface area (Å²) in [5.74, 6) is -0.331. The van der Waals surface area contributed by atoms with Crippen molar-refractivity contribution in [2.45, 2.75) is 52.2 Å². The Kier molecular flexibility index (Phi) is 7.82. The van der Waals surface area contributed by atoms with Crippen LogP contribution in [0.2, 0.25) is 0 Å². The van der Waals surface area contributed by atoms with Crippen molar-refractivity contribution in [3.8, 4) is 0 Å². The first kappa shape index (κ1) is 22.5. The molecule has 0 aliphatic rings. The molecule has 0 aliphatic heterocycles. The monoisotopic (exact) mass is 385 g/mol. The van der Waals surface area contributed by atoms with Crippen LogP contribution in [-0.2, 0) is 11.4 Å². The van der Waals surface area contributed by atoms with Gasteiger partial charge < -0.3 is 25.8 Å². The zero-order valence-corrected chi connectivity index (χ0v) is 16.1. The number of aromatic nitrogens is 2. The molecule has 12 heteroatoms. The molecule has 0 saturated heterocycles. The van der Waals surface area contributed by atoms with Gasteiger partial charge in [-0.3, -0.25) is 4.84 Å². The van der Waals surface area contributed by atoms with E-state index in [1.807, 2.05) is 0 Å². The number of imidazole rings is 1.